The van der Waals surface area contributed by atoms with Crippen LogP contribution in [0.3, 0.4) is 0 Å². The summed E-state index contributed by atoms with van der Waals surface area (Å²) in [5.74, 6) is 0.0943. The lowest BCUT2D eigenvalue weighted by atomic mass is 10.3. The summed E-state index contributed by atoms with van der Waals surface area (Å²) in [6.07, 6.45) is 4.92. The van der Waals surface area contributed by atoms with Gasteiger partial charge >= 0.3 is 5.97 Å². The number of aromatic nitrogens is 1. The zero-order valence-corrected chi connectivity index (χ0v) is 11.9. The molecule has 1 unspecified atom stereocenters. The standard InChI is InChI=1S/C11H11BrClN3O2/c1-2-18-10(17)11(12)5-7-16(15-11)9-8(13)4-3-6-14-9/h3-7,15H,2H2,1H3. The molecule has 1 aliphatic heterocycles. The minimum atomic E-state index is -1.08. The van der Waals surface area contributed by atoms with Gasteiger partial charge in [-0.2, -0.15) is 5.43 Å². The summed E-state index contributed by atoms with van der Waals surface area (Å²) in [7, 11) is 0. The molecule has 0 radical (unpaired) electrons. The maximum atomic E-state index is 11.8. The molecule has 1 aliphatic rings. The van der Waals surface area contributed by atoms with Gasteiger partial charge in [-0.05, 0) is 41.1 Å². The number of hydrogen-bond acceptors (Lipinski definition) is 5. The molecule has 7 heteroatoms. The molecule has 0 aliphatic carbocycles. The lowest BCUT2D eigenvalue weighted by Gasteiger charge is -2.23. The molecule has 1 N–H and O–H groups in total. The molecule has 0 amide bonds. The minimum Gasteiger partial charge on any atom is -0.464 e. The van der Waals surface area contributed by atoms with Crippen molar-refractivity contribution in [1.82, 2.24) is 10.4 Å². The number of anilines is 1. The van der Waals surface area contributed by atoms with Gasteiger partial charge < -0.3 is 4.74 Å². The highest BCUT2D eigenvalue weighted by atomic mass is 79.9. The first kappa shape index (κ1) is 13.3. The van der Waals surface area contributed by atoms with Crippen molar-refractivity contribution >= 4 is 39.3 Å². The van der Waals surface area contributed by atoms with E-state index in [1.54, 1.807) is 42.5 Å². The Bertz CT molecular complexity index is 497. The first-order valence-corrected chi connectivity index (χ1v) is 6.47. The van der Waals surface area contributed by atoms with Crippen LogP contribution >= 0.6 is 27.5 Å². The van der Waals surface area contributed by atoms with Crippen molar-refractivity contribution in [1.29, 1.82) is 0 Å². The first-order chi connectivity index (χ1) is 8.57. The maximum Gasteiger partial charge on any atom is 0.343 e. The summed E-state index contributed by atoms with van der Waals surface area (Å²) in [6, 6.07) is 3.45. The Morgan fingerprint density at radius 1 is 1.72 bits per heavy atom. The molecule has 18 heavy (non-hydrogen) atoms. The minimum absolute atomic E-state index is 0.312. The molecule has 0 spiro atoms. The molecule has 5 nitrogen and oxygen atoms in total. The summed E-state index contributed by atoms with van der Waals surface area (Å²) in [4.78, 5) is 15.9. The largest absolute Gasteiger partial charge is 0.464 e. The van der Waals surface area contributed by atoms with Crippen LogP contribution in [0.5, 0.6) is 0 Å². The Labute approximate surface area is 118 Å². The van der Waals surface area contributed by atoms with Crippen LogP contribution in [0.15, 0.2) is 30.6 Å². The van der Waals surface area contributed by atoms with Crippen molar-refractivity contribution in [3.8, 4) is 0 Å². The van der Waals surface area contributed by atoms with Crippen molar-refractivity contribution in [2.24, 2.45) is 0 Å². The van der Waals surface area contributed by atoms with Crippen molar-refractivity contribution in [3.63, 3.8) is 0 Å². The van der Waals surface area contributed by atoms with Crippen LogP contribution in [-0.4, -0.2) is 22.0 Å². The summed E-state index contributed by atoms with van der Waals surface area (Å²) in [5.41, 5.74) is 2.93. The number of hydrogen-bond donors (Lipinski definition) is 1. The predicted octanol–water partition coefficient (Wildman–Crippen LogP) is 2.23. The monoisotopic (exact) mass is 331 g/mol. The van der Waals surface area contributed by atoms with Gasteiger partial charge in [0.15, 0.2) is 5.82 Å². The third-order valence-corrected chi connectivity index (χ3v) is 3.34. The van der Waals surface area contributed by atoms with Gasteiger partial charge in [-0.1, -0.05) is 11.6 Å². The van der Waals surface area contributed by atoms with Crippen molar-refractivity contribution in [3.05, 3.63) is 35.6 Å². The normalized spacial score (nSPS) is 22.3. The van der Waals surface area contributed by atoms with Crippen LogP contribution in [0.2, 0.25) is 5.02 Å². The van der Waals surface area contributed by atoms with Gasteiger partial charge in [0, 0.05) is 12.4 Å². The van der Waals surface area contributed by atoms with E-state index in [0.717, 1.165) is 0 Å². The first-order valence-electron chi connectivity index (χ1n) is 5.30. The fraction of sp³-hybridized carbons (Fsp3) is 0.273. The van der Waals surface area contributed by atoms with Gasteiger partial charge in [0.2, 0.25) is 4.45 Å². The molecular formula is C11H11BrClN3O2. The number of pyridine rings is 1. The highest BCUT2D eigenvalue weighted by Gasteiger charge is 2.40. The highest BCUT2D eigenvalue weighted by molar-refractivity contribution is 9.10. The van der Waals surface area contributed by atoms with Gasteiger partial charge in [0.25, 0.3) is 0 Å². The Kier molecular flexibility index (Phi) is 3.89. The molecule has 2 rings (SSSR count). The second-order valence-electron chi connectivity index (χ2n) is 3.54. The van der Waals surface area contributed by atoms with E-state index < -0.39 is 10.4 Å². The summed E-state index contributed by atoms with van der Waals surface area (Å²) < 4.78 is 3.88. The summed E-state index contributed by atoms with van der Waals surface area (Å²) >= 11 is 9.32. The average molecular weight is 333 g/mol. The molecule has 0 aromatic carbocycles. The predicted molar refractivity (Wildman–Crippen MR) is 72.3 cm³/mol. The molecule has 0 saturated heterocycles. The molecular weight excluding hydrogens is 321 g/mol. The quantitative estimate of drug-likeness (QED) is 0.522. The number of hydrazine groups is 1. The molecule has 0 bridgehead atoms. The third kappa shape index (κ3) is 2.50. The zero-order valence-electron chi connectivity index (χ0n) is 9.56. The smallest absolute Gasteiger partial charge is 0.343 e. The lowest BCUT2D eigenvalue weighted by molar-refractivity contribution is -0.145. The second-order valence-corrected chi connectivity index (χ2v) is 5.20. The van der Waals surface area contributed by atoms with Crippen molar-refractivity contribution in [2.45, 2.75) is 11.4 Å². The number of rotatable bonds is 3. The number of nitrogens with one attached hydrogen (secondary N) is 1. The molecule has 0 saturated carbocycles. The Hall–Kier alpha value is -1.11. The zero-order chi connectivity index (χ0) is 13.2. The van der Waals surface area contributed by atoms with Gasteiger partial charge in [0.05, 0.1) is 11.6 Å². The fourth-order valence-corrected chi connectivity index (χ4v) is 2.09. The van der Waals surface area contributed by atoms with Crippen LogP contribution in [0.1, 0.15) is 6.92 Å². The van der Waals surface area contributed by atoms with Crippen LogP contribution in [-0.2, 0) is 9.53 Å². The van der Waals surface area contributed by atoms with E-state index in [9.17, 15) is 4.79 Å². The molecule has 1 atom stereocenters. The number of carbonyl (C=O) groups excluding carboxylic acids is 1. The van der Waals surface area contributed by atoms with Gasteiger partial charge in [-0.3, -0.25) is 5.01 Å². The lowest BCUT2D eigenvalue weighted by Crippen LogP contribution is -2.48. The van der Waals surface area contributed by atoms with Crippen molar-refractivity contribution in [2.75, 3.05) is 11.6 Å². The van der Waals surface area contributed by atoms with Crippen LogP contribution in [0.25, 0.3) is 0 Å². The number of nitrogens with zero attached hydrogens (tertiary/aromatic N) is 2. The van der Waals surface area contributed by atoms with Gasteiger partial charge in [-0.15, -0.1) is 0 Å². The number of ether oxygens (including phenoxy) is 1. The van der Waals surface area contributed by atoms with E-state index in [2.05, 4.69) is 26.3 Å². The maximum absolute atomic E-state index is 11.8. The number of esters is 1. The number of alkyl halides is 1. The highest BCUT2D eigenvalue weighted by Crippen LogP contribution is 2.30. The topological polar surface area (TPSA) is 54.5 Å². The Morgan fingerprint density at radius 3 is 3.17 bits per heavy atom. The molecule has 1 aromatic heterocycles. The summed E-state index contributed by atoms with van der Waals surface area (Å²) in [6.45, 7) is 2.06. The SMILES string of the molecule is CCOC(=O)C1(Br)C=CN(c2ncccc2Cl)N1. The third-order valence-electron chi connectivity index (χ3n) is 2.28. The summed E-state index contributed by atoms with van der Waals surface area (Å²) in [5, 5.41) is 2.05. The van der Waals surface area contributed by atoms with E-state index in [0.29, 0.717) is 17.4 Å². The van der Waals surface area contributed by atoms with E-state index in [1.165, 1.54) is 0 Å². The average Bonchev–Trinajstić information content (AvgIpc) is 2.74. The number of halogens is 2. The van der Waals surface area contributed by atoms with Crippen LogP contribution < -0.4 is 10.4 Å². The van der Waals surface area contributed by atoms with Crippen LogP contribution in [0.4, 0.5) is 5.82 Å². The van der Waals surface area contributed by atoms with E-state index in [1.807, 2.05) is 0 Å². The molecule has 1 aromatic rings. The van der Waals surface area contributed by atoms with Gasteiger partial charge in [0.1, 0.15) is 0 Å². The fourth-order valence-electron chi connectivity index (χ4n) is 1.46. The van der Waals surface area contributed by atoms with Crippen LogP contribution in [0, 0.1) is 0 Å². The molecule has 96 valence electrons. The van der Waals surface area contributed by atoms with E-state index in [-0.39, 0.29) is 0 Å². The Morgan fingerprint density at radius 2 is 2.50 bits per heavy atom. The van der Waals surface area contributed by atoms with Crippen molar-refractivity contribution < 1.29 is 9.53 Å². The van der Waals surface area contributed by atoms with E-state index >= 15 is 0 Å². The molecule has 0 fully saturated rings. The second kappa shape index (κ2) is 5.26. The Balaban J connectivity index is 2.17. The van der Waals surface area contributed by atoms with E-state index in [4.69, 9.17) is 16.3 Å². The van der Waals surface area contributed by atoms with Gasteiger partial charge in [-0.25, -0.2) is 9.78 Å². The molecule has 2 heterocycles. The number of carbonyl (C=O) groups is 1.